The van der Waals surface area contributed by atoms with Crippen molar-refractivity contribution in [1.82, 2.24) is 9.62 Å². The van der Waals surface area contributed by atoms with Gasteiger partial charge in [0.05, 0.1) is 32.1 Å². The third-order valence-corrected chi connectivity index (χ3v) is 8.03. The van der Waals surface area contributed by atoms with Gasteiger partial charge in [-0.2, -0.15) is 4.31 Å². The van der Waals surface area contributed by atoms with E-state index in [-0.39, 0.29) is 16.7 Å². The van der Waals surface area contributed by atoms with Gasteiger partial charge < -0.3 is 19.7 Å². The lowest BCUT2D eigenvalue weighted by Crippen LogP contribution is -2.42. The van der Waals surface area contributed by atoms with Crippen molar-refractivity contribution in [3.63, 3.8) is 0 Å². The zero-order valence-corrected chi connectivity index (χ0v) is 19.7. The molecule has 2 aliphatic heterocycles. The molecule has 0 aromatic heterocycles. The summed E-state index contributed by atoms with van der Waals surface area (Å²) in [6.45, 7) is 6.12. The first-order valence-electron chi connectivity index (χ1n) is 11.3. The zero-order chi connectivity index (χ0) is 23.3. The van der Waals surface area contributed by atoms with E-state index in [1.165, 1.54) is 10.4 Å². The molecule has 0 radical (unpaired) electrons. The van der Waals surface area contributed by atoms with E-state index in [1.807, 2.05) is 42.2 Å². The predicted octanol–water partition coefficient (Wildman–Crippen LogP) is 2.08. The number of anilines is 1. The first-order valence-corrected chi connectivity index (χ1v) is 12.8. The van der Waals surface area contributed by atoms with Crippen LogP contribution in [0.5, 0.6) is 0 Å². The van der Waals surface area contributed by atoms with Crippen LogP contribution in [0.25, 0.3) is 0 Å². The second kappa shape index (κ2) is 10.6. The second-order valence-corrected chi connectivity index (χ2v) is 10.2. The Balaban J connectivity index is 1.58. The summed E-state index contributed by atoms with van der Waals surface area (Å²) in [4.78, 5) is 15.1. The number of nitrogens with zero attached hydrogens (tertiary/aromatic N) is 2. The first kappa shape index (κ1) is 23.7. The van der Waals surface area contributed by atoms with Gasteiger partial charge in [0.1, 0.15) is 4.90 Å². The molecule has 2 aromatic carbocycles. The second-order valence-electron chi connectivity index (χ2n) is 8.32. The Morgan fingerprint density at radius 3 is 2.27 bits per heavy atom. The average Bonchev–Trinajstić information content (AvgIpc) is 2.88. The van der Waals surface area contributed by atoms with Crippen LogP contribution in [0.3, 0.4) is 0 Å². The minimum atomic E-state index is -3.78. The van der Waals surface area contributed by atoms with E-state index in [1.54, 1.807) is 12.1 Å². The van der Waals surface area contributed by atoms with Gasteiger partial charge in [-0.05, 0) is 29.7 Å². The number of morpholine rings is 2. The van der Waals surface area contributed by atoms with Crippen molar-refractivity contribution in [3.05, 3.63) is 59.7 Å². The fourth-order valence-corrected chi connectivity index (χ4v) is 5.75. The molecule has 0 bridgehead atoms. The minimum Gasteiger partial charge on any atom is -0.379 e. The number of ether oxygens (including phenoxy) is 2. The van der Waals surface area contributed by atoms with E-state index in [4.69, 9.17) is 9.47 Å². The monoisotopic (exact) mass is 473 g/mol. The predicted molar refractivity (Wildman–Crippen MR) is 126 cm³/mol. The van der Waals surface area contributed by atoms with Gasteiger partial charge in [0.25, 0.3) is 5.91 Å². The normalized spacial score (nSPS) is 18.6. The van der Waals surface area contributed by atoms with Gasteiger partial charge in [-0.1, -0.05) is 37.3 Å². The topological polar surface area (TPSA) is 88.2 Å². The maximum atomic E-state index is 13.6. The quantitative estimate of drug-likeness (QED) is 0.663. The van der Waals surface area contributed by atoms with Gasteiger partial charge in [-0.25, -0.2) is 8.42 Å². The van der Waals surface area contributed by atoms with Crippen molar-refractivity contribution in [3.8, 4) is 0 Å². The Hall–Kier alpha value is -2.46. The highest BCUT2D eigenvalue weighted by Gasteiger charge is 2.31. The number of nitrogens with one attached hydrogen (secondary N) is 1. The van der Waals surface area contributed by atoms with E-state index in [9.17, 15) is 13.2 Å². The van der Waals surface area contributed by atoms with E-state index >= 15 is 0 Å². The fraction of sp³-hybridized carbons (Fsp3) is 0.458. The standard InChI is InChI=1S/C24H31N3O5S/c1-19(20-5-3-2-4-6-20)18-25-24(28)21-7-8-22(26-9-13-31-14-10-26)23(17-21)33(29,30)27-11-15-32-16-12-27/h2-8,17,19H,9-16,18H2,1H3,(H,25,28)/t19-/m0/s1. The highest BCUT2D eigenvalue weighted by molar-refractivity contribution is 7.89. The summed E-state index contributed by atoms with van der Waals surface area (Å²) in [5.74, 6) is -0.149. The molecule has 2 aliphatic rings. The summed E-state index contributed by atoms with van der Waals surface area (Å²) in [6, 6.07) is 14.9. The van der Waals surface area contributed by atoms with Gasteiger partial charge in [0.2, 0.25) is 10.0 Å². The smallest absolute Gasteiger partial charge is 0.251 e. The van der Waals surface area contributed by atoms with Crippen LogP contribution in [-0.2, 0) is 19.5 Å². The van der Waals surface area contributed by atoms with Crippen LogP contribution in [-0.4, -0.2) is 77.8 Å². The molecular weight excluding hydrogens is 442 g/mol. The summed E-state index contributed by atoms with van der Waals surface area (Å²) in [7, 11) is -3.78. The maximum absolute atomic E-state index is 13.6. The van der Waals surface area contributed by atoms with Crippen LogP contribution in [0.15, 0.2) is 53.4 Å². The third kappa shape index (κ3) is 5.55. The number of hydrogen-bond acceptors (Lipinski definition) is 6. The van der Waals surface area contributed by atoms with Gasteiger partial charge >= 0.3 is 0 Å². The number of rotatable bonds is 7. The molecule has 2 heterocycles. The number of sulfonamides is 1. The minimum absolute atomic E-state index is 0.138. The van der Waals surface area contributed by atoms with Crippen molar-refractivity contribution in [1.29, 1.82) is 0 Å². The average molecular weight is 474 g/mol. The van der Waals surface area contributed by atoms with Crippen LogP contribution in [0.4, 0.5) is 5.69 Å². The molecule has 0 spiro atoms. The Morgan fingerprint density at radius 1 is 0.970 bits per heavy atom. The molecule has 4 rings (SSSR count). The summed E-state index contributed by atoms with van der Waals surface area (Å²) >= 11 is 0. The molecular formula is C24H31N3O5S. The molecule has 1 amide bonds. The molecule has 1 N–H and O–H groups in total. The molecule has 2 aromatic rings. The van der Waals surface area contributed by atoms with Crippen LogP contribution >= 0.6 is 0 Å². The molecule has 0 aliphatic carbocycles. The summed E-state index contributed by atoms with van der Waals surface area (Å²) in [5.41, 5.74) is 2.08. The molecule has 9 heteroatoms. The lowest BCUT2D eigenvalue weighted by atomic mass is 10.0. The van der Waals surface area contributed by atoms with Gasteiger partial charge in [-0.15, -0.1) is 0 Å². The zero-order valence-electron chi connectivity index (χ0n) is 18.9. The lowest BCUT2D eigenvalue weighted by molar-refractivity contribution is 0.0730. The van der Waals surface area contributed by atoms with E-state index < -0.39 is 10.0 Å². The number of carbonyl (C=O) groups excluding carboxylic acids is 1. The Bertz CT molecular complexity index is 1050. The van der Waals surface area contributed by atoms with Crippen LogP contribution in [0.2, 0.25) is 0 Å². The summed E-state index contributed by atoms with van der Waals surface area (Å²) in [6.07, 6.45) is 0. The number of hydrogen-bond donors (Lipinski definition) is 1. The van der Waals surface area contributed by atoms with Crippen molar-refractivity contribution in [2.45, 2.75) is 17.7 Å². The SMILES string of the molecule is C[C@@H](CNC(=O)c1ccc(N2CCOCC2)c(S(=O)(=O)N2CCOCC2)c1)c1ccccc1. The number of amides is 1. The van der Waals surface area contributed by atoms with E-state index in [0.29, 0.717) is 70.4 Å². The van der Waals surface area contributed by atoms with Crippen LogP contribution in [0.1, 0.15) is 28.8 Å². The maximum Gasteiger partial charge on any atom is 0.251 e. The number of benzene rings is 2. The molecule has 0 saturated carbocycles. The molecule has 33 heavy (non-hydrogen) atoms. The first-order chi connectivity index (χ1) is 16.0. The summed E-state index contributed by atoms with van der Waals surface area (Å²) in [5, 5.41) is 2.95. The van der Waals surface area contributed by atoms with Crippen molar-refractivity contribution >= 4 is 21.6 Å². The molecule has 2 fully saturated rings. The van der Waals surface area contributed by atoms with Gasteiger partial charge in [0.15, 0.2) is 0 Å². The molecule has 8 nitrogen and oxygen atoms in total. The highest BCUT2D eigenvalue weighted by Crippen LogP contribution is 2.30. The van der Waals surface area contributed by atoms with Crippen LogP contribution in [0, 0.1) is 0 Å². The van der Waals surface area contributed by atoms with Crippen LogP contribution < -0.4 is 10.2 Å². The molecule has 0 unspecified atom stereocenters. The van der Waals surface area contributed by atoms with Crippen molar-refractivity contribution in [2.24, 2.45) is 0 Å². The van der Waals surface area contributed by atoms with Gasteiger partial charge in [0, 0.05) is 38.3 Å². The molecule has 2 saturated heterocycles. The van der Waals surface area contributed by atoms with Crippen molar-refractivity contribution in [2.75, 3.05) is 64.1 Å². The van der Waals surface area contributed by atoms with Gasteiger partial charge in [-0.3, -0.25) is 4.79 Å². The van der Waals surface area contributed by atoms with Crippen molar-refractivity contribution < 1.29 is 22.7 Å². The summed E-state index contributed by atoms with van der Waals surface area (Å²) < 4.78 is 39.3. The fourth-order valence-electron chi connectivity index (χ4n) is 4.10. The van der Waals surface area contributed by atoms with E-state index in [2.05, 4.69) is 5.32 Å². The molecule has 178 valence electrons. The Morgan fingerprint density at radius 2 is 1.61 bits per heavy atom. The van der Waals surface area contributed by atoms with E-state index in [0.717, 1.165) is 5.56 Å². The Labute approximate surface area is 195 Å². The lowest BCUT2D eigenvalue weighted by Gasteiger charge is -2.32. The third-order valence-electron chi connectivity index (χ3n) is 6.10. The number of carbonyl (C=O) groups is 1. The highest BCUT2D eigenvalue weighted by atomic mass is 32.2. The Kier molecular flexibility index (Phi) is 7.64. The molecule has 1 atom stereocenters. The largest absolute Gasteiger partial charge is 0.379 e.